The van der Waals surface area contributed by atoms with Gasteiger partial charge >= 0.3 is 0 Å². The summed E-state index contributed by atoms with van der Waals surface area (Å²) in [6, 6.07) is 8.90. The van der Waals surface area contributed by atoms with Gasteiger partial charge in [-0.2, -0.15) is 0 Å². The second kappa shape index (κ2) is 6.72. The van der Waals surface area contributed by atoms with Crippen molar-refractivity contribution in [1.82, 2.24) is 5.32 Å². The van der Waals surface area contributed by atoms with Gasteiger partial charge in [0.05, 0.1) is 12.1 Å². The maximum Gasteiger partial charge on any atom is 0.238 e. The molecule has 1 aromatic carbocycles. The van der Waals surface area contributed by atoms with Crippen molar-refractivity contribution in [1.29, 1.82) is 0 Å². The fraction of sp³-hybridized carbons (Fsp3) is 0.357. The van der Waals surface area contributed by atoms with Crippen LogP contribution in [0.25, 0.3) is 0 Å². The van der Waals surface area contributed by atoms with Crippen LogP contribution in [0.4, 0.5) is 0 Å². The molecule has 0 aliphatic carbocycles. The number of nitrogens with one attached hydrogen (secondary N) is 1. The molecule has 0 bridgehead atoms. The molecule has 17 heavy (non-hydrogen) atoms. The summed E-state index contributed by atoms with van der Waals surface area (Å²) in [5.74, 6) is 2.32. The van der Waals surface area contributed by atoms with Crippen LogP contribution < -0.4 is 11.1 Å². The second-order valence-corrected chi connectivity index (χ2v) is 3.93. The van der Waals surface area contributed by atoms with E-state index in [-0.39, 0.29) is 11.9 Å². The molecule has 0 heterocycles. The normalized spacial score (nSPS) is 13.5. The fourth-order valence-electron chi connectivity index (χ4n) is 1.50. The van der Waals surface area contributed by atoms with E-state index in [0.717, 1.165) is 5.56 Å². The molecule has 1 rings (SSSR count). The van der Waals surface area contributed by atoms with Crippen molar-refractivity contribution in [2.45, 2.75) is 31.8 Å². The van der Waals surface area contributed by atoms with Gasteiger partial charge in [0.25, 0.3) is 0 Å². The Morgan fingerprint density at radius 1 is 1.47 bits per heavy atom. The number of nitrogens with two attached hydrogens (primary N) is 1. The van der Waals surface area contributed by atoms with E-state index in [1.807, 2.05) is 37.3 Å². The molecule has 1 unspecified atom stereocenters. The molecule has 1 aromatic rings. The van der Waals surface area contributed by atoms with Gasteiger partial charge < -0.3 is 11.1 Å². The van der Waals surface area contributed by atoms with Gasteiger partial charge in [0.2, 0.25) is 5.91 Å². The summed E-state index contributed by atoms with van der Waals surface area (Å²) < 4.78 is 0. The summed E-state index contributed by atoms with van der Waals surface area (Å²) >= 11 is 0. The lowest BCUT2D eigenvalue weighted by Crippen LogP contribution is -2.45. The Morgan fingerprint density at radius 2 is 2.12 bits per heavy atom. The van der Waals surface area contributed by atoms with Crippen LogP contribution in [0.3, 0.4) is 0 Å². The summed E-state index contributed by atoms with van der Waals surface area (Å²) in [6.45, 7) is 1.92. The monoisotopic (exact) mass is 230 g/mol. The van der Waals surface area contributed by atoms with E-state index >= 15 is 0 Å². The summed E-state index contributed by atoms with van der Waals surface area (Å²) in [7, 11) is 0. The predicted molar refractivity (Wildman–Crippen MR) is 69.2 cm³/mol. The highest BCUT2D eigenvalue weighted by atomic mass is 16.2. The zero-order valence-corrected chi connectivity index (χ0v) is 10.0. The van der Waals surface area contributed by atoms with Crippen molar-refractivity contribution < 1.29 is 4.79 Å². The first-order valence-corrected chi connectivity index (χ1v) is 5.73. The van der Waals surface area contributed by atoms with Crippen LogP contribution in [0, 0.1) is 12.3 Å². The van der Waals surface area contributed by atoms with Crippen molar-refractivity contribution in [3.63, 3.8) is 0 Å². The van der Waals surface area contributed by atoms with Gasteiger partial charge in [-0.1, -0.05) is 43.2 Å². The van der Waals surface area contributed by atoms with Gasteiger partial charge in [-0.05, 0) is 18.4 Å². The molecular weight excluding hydrogens is 212 g/mol. The molecular formula is C14H18N2O. The highest BCUT2D eigenvalue weighted by Crippen LogP contribution is 2.02. The Bertz CT molecular complexity index is 394. The molecule has 0 saturated carbocycles. The van der Waals surface area contributed by atoms with E-state index in [4.69, 9.17) is 12.2 Å². The van der Waals surface area contributed by atoms with E-state index in [2.05, 4.69) is 11.2 Å². The SMILES string of the molecule is C#CC(CC)NC(=O)[C@@H](N)Cc1ccccc1. The van der Waals surface area contributed by atoms with Crippen LogP contribution in [0.2, 0.25) is 0 Å². The summed E-state index contributed by atoms with van der Waals surface area (Å²) in [5, 5.41) is 2.74. The first-order valence-electron chi connectivity index (χ1n) is 5.73. The summed E-state index contributed by atoms with van der Waals surface area (Å²) in [4.78, 5) is 11.7. The first-order chi connectivity index (χ1) is 8.17. The lowest BCUT2D eigenvalue weighted by molar-refractivity contribution is -0.122. The smallest absolute Gasteiger partial charge is 0.238 e. The minimum atomic E-state index is -0.556. The Labute approximate surface area is 102 Å². The highest BCUT2D eigenvalue weighted by molar-refractivity contribution is 5.82. The molecule has 2 atom stereocenters. The molecule has 1 amide bonds. The topological polar surface area (TPSA) is 55.1 Å². The van der Waals surface area contributed by atoms with E-state index in [1.165, 1.54) is 0 Å². The zero-order chi connectivity index (χ0) is 12.7. The maximum absolute atomic E-state index is 11.7. The van der Waals surface area contributed by atoms with Crippen LogP contribution in [0.1, 0.15) is 18.9 Å². The summed E-state index contributed by atoms with van der Waals surface area (Å²) in [6.07, 6.45) is 6.51. The van der Waals surface area contributed by atoms with Crippen molar-refractivity contribution in [3.8, 4) is 12.3 Å². The van der Waals surface area contributed by atoms with Gasteiger partial charge in [0.1, 0.15) is 0 Å². The van der Waals surface area contributed by atoms with Crippen molar-refractivity contribution in [3.05, 3.63) is 35.9 Å². The molecule has 90 valence electrons. The Kier molecular flexibility index (Phi) is 5.25. The number of hydrogen-bond acceptors (Lipinski definition) is 2. The molecule has 3 nitrogen and oxygen atoms in total. The molecule has 3 heteroatoms. The highest BCUT2D eigenvalue weighted by Gasteiger charge is 2.16. The molecule has 0 radical (unpaired) electrons. The lowest BCUT2D eigenvalue weighted by Gasteiger charge is -2.15. The fourth-order valence-corrected chi connectivity index (χ4v) is 1.50. The number of carbonyl (C=O) groups is 1. The minimum Gasteiger partial charge on any atom is -0.341 e. The Balaban J connectivity index is 2.51. The standard InChI is InChI=1S/C14H18N2O/c1-3-12(4-2)16-14(17)13(15)10-11-8-6-5-7-9-11/h1,5-9,12-13H,4,10,15H2,2H3,(H,16,17)/t12?,13-/m0/s1. The molecule has 0 aromatic heterocycles. The van der Waals surface area contributed by atoms with Crippen LogP contribution >= 0.6 is 0 Å². The molecule has 3 N–H and O–H groups in total. The number of benzene rings is 1. The van der Waals surface area contributed by atoms with Crippen LogP contribution in [-0.2, 0) is 11.2 Å². The second-order valence-electron chi connectivity index (χ2n) is 3.93. The number of amides is 1. The van der Waals surface area contributed by atoms with Gasteiger partial charge in [0.15, 0.2) is 0 Å². The molecule has 0 aliphatic heterocycles. The maximum atomic E-state index is 11.7. The molecule has 0 fully saturated rings. The quantitative estimate of drug-likeness (QED) is 0.744. The van der Waals surface area contributed by atoms with E-state index in [9.17, 15) is 4.79 Å². The van der Waals surface area contributed by atoms with Crippen LogP contribution in [0.5, 0.6) is 0 Å². The van der Waals surface area contributed by atoms with Gasteiger partial charge in [-0.3, -0.25) is 4.79 Å². The van der Waals surface area contributed by atoms with E-state index in [0.29, 0.717) is 12.8 Å². The van der Waals surface area contributed by atoms with Crippen LogP contribution in [0.15, 0.2) is 30.3 Å². The third kappa shape index (κ3) is 4.29. The lowest BCUT2D eigenvalue weighted by atomic mass is 10.1. The molecule has 0 saturated heterocycles. The zero-order valence-electron chi connectivity index (χ0n) is 10.0. The number of rotatable bonds is 5. The van der Waals surface area contributed by atoms with Crippen LogP contribution in [-0.4, -0.2) is 18.0 Å². The van der Waals surface area contributed by atoms with Gasteiger partial charge in [-0.25, -0.2) is 0 Å². The number of carbonyl (C=O) groups excluding carboxylic acids is 1. The third-order valence-corrected chi connectivity index (χ3v) is 2.56. The largest absolute Gasteiger partial charge is 0.341 e. The first kappa shape index (κ1) is 13.3. The van der Waals surface area contributed by atoms with Crippen molar-refractivity contribution >= 4 is 5.91 Å². The van der Waals surface area contributed by atoms with Gasteiger partial charge in [0, 0.05) is 0 Å². The van der Waals surface area contributed by atoms with Gasteiger partial charge in [-0.15, -0.1) is 6.42 Å². The average Bonchev–Trinajstić information content (AvgIpc) is 2.36. The number of hydrogen-bond donors (Lipinski definition) is 2. The Morgan fingerprint density at radius 3 is 2.65 bits per heavy atom. The minimum absolute atomic E-state index is 0.196. The van der Waals surface area contributed by atoms with Crippen molar-refractivity contribution in [2.24, 2.45) is 5.73 Å². The third-order valence-electron chi connectivity index (χ3n) is 2.56. The Hall–Kier alpha value is -1.79. The summed E-state index contributed by atoms with van der Waals surface area (Å²) in [5.41, 5.74) is 6.87. The molecule has 0 spiro atoms. The van der Waals surface area contributed by atoms with E-state index < -0.39 is 6.04 Å². The number of terminal acetylenes is 1. The average molecular weight is 230 g/mol. The van der Waals surface area contributed by atoms with Crippen molar-refractivity contribution in [2.75, 3.05) is 0 Å². The van der Waals surface area contributed by atoms with E-state index in [1.54, 1.807) is 0 Å². The molecule has 0 aliphatic rings. The predicted octanol–water partition coefficient (Wildman–Crippen LogP) is 1.08.